The van der Waals surface area contributed by atoms with Gasteiger partial charge in [-0.05, 0) is 11.6 Å². The molecule has 0 N–H and O–H groups in total. The minimum Gasteiger partial charge on any atom is -0.466 e. The summed E-state index contributed by atoms with van der Waals surface area (Å²) in [6.07, 6.45) is 1.22. The predicted octanol–water partition coefficient (Wildman–Crippen LogP) is 1.77. The number of methoxy groups -OCH3 is 1. The van der Waals surface area contributed by atoms with Crippen LogP contribution in [0.4, 0.5) is 5.69 Å². The summed E-state index contributed by atoms with van der Waals surface area (Å²) >= 11 is 1.20. The van der Waals surface area contributed by atoms with Gasteiger partial charge < -0.3 is 4.74 Å². The van der Waals surface area contributed by atoms with E-state index in [1.807, 2.05) is 54.6 Å². The number of esters is 1. The van der Waals surface area contributed by atoms with Gasteiger partial charge >= 0.3 is 5.97 Å². The summed E-state index contributed by atoms with van der Waals surface area (Å²) in [6, 6.07) is 17.3. The van der Waals surface area contributed by atoms with Gasteiger partial charge in [-0.15, -0.1) is 0 Å². The van der Waals surface area contributed by atoms with Crippen LogP contribution in [0.15, 0.2) is 64.4 Å². The molecule has 25 heavy (non-hydrogen) atoms. The molecule has 0 saturated heterocycles. The molecule has 2 heterocycles. The van der Waals surface area contributed by atoms with Gasteiger partial charge in [0.25, 0.3) is 5.56 Å². The summed E-state index contributed by atoms with van der Waals surface area (Å²) in [6.45, 7) is 0. The van der Waals surface area contributed by atoms with Gasteiger partial charge in [-0.1, -0.05) is 59.9 Å². The topological polar surface area (TPSA) is 60.7 Å². The Bertz CT molecular complexity index is 1130. The van der Waals surface area contributed by atoms with Crippen LogP contribution in [0.5, 0.6) is 0 Å². The van der Waals surface area contributed by atoms with E-state index in [-0.39, 0.29) is 11.6 Å². The van der Waals surface area contributed by atoms with Crippen LogP contribution < -0.4 is 14.9 Å². The smallest absolute Gasteiger partial charge is 0.332 e. The molecule has 1 aromatic heterocycles. The first-order chi connectivity index (χ1) is 12.2. The molecule has 0 aliphatic carbocycles. The molecule has 124 valence electrons. The number of ether oxygens (including phenoxy) is 1. The van der Waals surface area contributed by atoms with E-state index in [0.29, 0.717) is 9.33 Å². The Balaban J connectivity index is 2.05. The number of fused-ring (bicyclic) bond motifs is 2. The minimum atomic E-state index is -0.551. The van der Waals surface area contributed by atoms with Crippen LogP contribution in [0.3, 0.4) is 0 Å². The second-order valence-electron chi connectivity index (χ2n) is 5.58. The van der Waals surface area contributed by atoms with E-state index in [2.05, 4.69) is 9.73 Å². The number of carbonyl (C=O) groups excluding carboxylic acids is 1. The summed E-state index contributed by atoms with van der Waals surface area (Å²) in [5.74, 6) is -0.551. The number of para-hydroxylation sites is 1. The Labute approximate surface area is 147 Å². The van der Waals surface area contributed by atoms with Crippen molar-refractivity contribution < 1.29 is 9.53 Å². The third-order valence-corrected chi connectivity index (χ3v) is 5.09. The maximum atomic E-state index is 12.9. The van der Waals surface area contributed by atoms with Gasteiger partial charge in [0.05, 0.1) is 18.8 Å². The highest BCUT2D eigenvalue weighted by molar-refractivity contribution is 7.07. The lowest BCUT2D eigenvalue weighted by Gasteiger charge is -2.23. The highest BCUT2D eigenvalue weighted by Gasteiger charge is 2.26. The van der Waals surface area contributed by atoms with Crippen molar-refractivity contribution >= 4 is 29.1 Å². The summed E-state index contributed by atoms with van der Waals surface area (Å²) in [4.78, 5) is 29.7. The van der Waals surface area contributed by atoms with Gasteiger partial charge in [0, 0.05) is 11.6 Å². The van der Waals surface area contributed by atoms with Crippen LogP contribution in [0.1, 0.15) is 17.2 Å². The van der Waals surface area contributed by atoms with Crippen molar-refractivity contribution in [2.75, 3.05) is 7.11 Å². The Morgan fingerprint density at radius 3 is 2.64 bits per heavy atom. The maximum absolute atomic E-state index is 12.9. The fourth-order valence-electron chi connectivity index (χ4n) is 2.98. The number of thiazole rings is 1. The van der Waals surface area contributed by atoms with Crippen molar-refractivity contribution in [2.45, 2.75) is 6.04 Å². The average Bonchev–Trinajstić information content (AvgIpc) is 2.95. The van der Waals surface area contributed by atoms with Gasteiger partial charge in [0.15, 0.2) is 4.80 Å². The molecular formula is C19H14N2O3S. The molecule has 0 amide bonds. The van der Waals surface area contributed by atoms with Gasteiger partial charge in [0.2, 0.25) is 0 Å². The molecule has 0 bridgehead atoms. The molecule has 6 heteroatoms. The first kappa shape index (κ1) is 15.5. The van der Waals surface area contributed by atoms with Crippen molar-refractivity contribution in [1.29, 1.82) is 0 Å². The van der Waals surface area contributed by atoms with Crippen molar-refractivity contribution in [2.24, 2.45) is 4.99 Å². The number of nitrogens with zero attached hydrogens (tertiary/aromatic N) is 2. The second kappa shape index (κ2) is 6.14. The van der Waals surface area contributed by atoms with Gasteiger partial charge in [-0.25, -0.2) is 9.79 Å². The van der Waals surface area contributed by atoms with E-state index in [4.69, 9.17) is 0 Å². The molecule has 0 radical (unpaired) electrons. The second-order valence-corrected chi connectivity index (χ2v) is 6.58. The monoisotopic (exact) mass is 350 g/mol. The Morgan fingerprint density at radius 1 is 1.16 bits per heavy atom. The quantitative estimate of drug-likeness (QED) is 0.518. The summed E-state index contributed by atoms with van der Waals surface area (Å²) in [5.41, 5.74) is 2.56. The summed E-state index contributed by atoms with van der Waals surface area (Å²) in [5, 5.41) is 0. The standard InChI is InChI=1S/C19H14N2O3S/c1-24-16(22)11-15-18(23)21-17(12-7-3-2-4-8-12)13-9-5-6-10-14(13)20-19(21)25-15/h2-11,17H,1H3. The van der Waals surface area contributed by atoms with Crippen molar-refractivity contribution in [3.63, 3.8) is 0 Å². The lowest BCUT2D eigenvalue weighted by atomic mass is 9.96. The van der Waals surface area contributed by atoms with Crippen LogP contribution >= 0.6 is 11.3 Å². The van der Waals surface area contributed by atoms with Crippen LogP contribution in [0.25, 0.3) is 6.08 Å². The van der Waals surface area contributed by atoms with Crippen molar-refractivity contribution in [3.8, 4) is 0 Å². The molecule has 5 nitrogen and oxygen atoms in total. The fourth-order valence-corrected chi connectivity index (χ4v) is 3.95. The molecule has 0 fully saturated rings. The lowest BCUT2D eigenvalue weighted by Crippen LogP contribution is -2.37. The first-order valence-corrected chi connectivity index (χ1v) is 8.54. The SMILES string of the molecule is COC(=O)C=c1sc2n(c1=O)C(c1ccccc1)c1ccccc1N=2. The van der Waals surface area contributed by atoms with Crippen molar-refractivity contribution in [3.05, 3.63) is 85.4 Å². The Morgan fingerprint density at radius 2 is 1.88 bits per heavy atom. The molecular weight excluding hydrogens is 336 g/mol. The van der Waals surface area contributed by atoms with Crippen LogP contribution in [0.2, 0.25) is 0 Å². The molecule has 3 aromatic rings. The number of carbonyl (C=O) groups is 1. The van der Waals surface area contributed by atoms with Crippen LogP contribution in [0, 0.1) is 0 Å². The van der Waals surface area contributed by atoms with Crippen LogP contribution in [-0.4, -0.2) is 17.6 Å². The molecule has 1 unspecified atom stereocenters. The third kappa shape index (κ3) is 2.60. The molecule has 2 aromatic carbocycles. The van der Waals surface area contributed by atoms with E-state index < -0.39 is 5.97 Å². The number of rotatable bonds is 2. The number of hydrogen-bond donors (Lipinski definition) is 0. The average molecular weight is 350 g/mol. The van der Waals surface area contributed by atoms with E-state index >= 15 is 0 Å². The third-order valence-electron chi connectivity index (χ3n) is 4.11. The van der Waals surface area contributed by atoms with Gasteiger partial charge in [0.1, 0.15) is 4.53 Å². The minimum absolute atomic E-state index is 0.238. The fraction of sp³-hybridized carbons (Fsp3) is 0.105. The normalized spacial score (nSPS) is 15.9. The molecule has 0 spiro atoms. The van der Waals surface area contributed by atoms with E-state index in [0.717, 1.165) is 16.8 Å². The number of hydrogen-bond acceptors (Lipinski definition) is 5. The zero-order chi connectivity index (χ0) is 17.4. The highest BCUT2D eigenvalue weighted by Crippen LogP contribution is 2.33. The molecule has 4 rings (SSSR count). The van der Waals surface area contributed by atoms with Crippen molar-refractivity contribution in [1.82, 2.24) is 4.57 Å². The Hall–Kier alpha value is -2.99. The van der Waals surface area contributed by atoms with E-state index in [9.17, 15) is 9.59 Å². The maximum Gasteiger partial charge on any atom is 0.332 e. The number of benzene rings is 2. The summed E-state index contributed by atoms with van der Waals surface area (Å²) in [7, 11) is 1.29. The molecule has 0 saturated carbocycles. The first-order valence-electron chi connectivity index (χ1n) is 7.72. The van der Waals surface area contributed by atoms with E-state index in [1.165, 1.54) is 24.5 Å². The van der Waals surface area contributed by atoms with Crippen LogP contribution in [-0.2, 0) is 9.53 Å². The zero-order valence-electron chi connectivity index (χ0n) is 13.4. The molecule has 1 aliphatic rings. The summed E-state index contributed by atoms with van der Waals surface area (Å²) < 4.78 is 6.62. The molecule has 1 aliphatic heterocycles. The Kier molecular flexibility index (Phi) is 3.82. The van der Waals surface area contributed by atoms with Gasteiger partial charge in [-0.3, -0.25) is 9.36 Å². The van der Waals surface area contributed by atoms with Gasteiger partial charge in [-0.2, -0.15) is 0 Å². The lowest BCUT2D eigenvalue weighted by molar-refractivity contribution is -0.133. The molecule has 1 atom stereocenters. The zero-order valence-corrected chi connectivity index (χ0v) is 14.2. The van der Waals surface area contributed by atoms with E-state index in [1.54, 1.807) is 4.57 Å². The highest BCUT2D eigenvalue weighted by atomic mass is 32.1. The largest absolute Gasteiger partial charge is 0.466 e. The number of aromatic nitrogens is 1. The predicted molar refractivity (Wildman–Crippen MR) is 95.6 cm³/mol.